The molecule has 2 heterocycles. The first kappa shape index (κ1) is 10.4. The molecule has 4 heteroatoms. The van der Waals surface area contributed by atoms with Crippen molar-refractivity contribution < 1.29 is 8.42 Å². The van der Waals surface area contributed by atoms with Crippen molar-refractivity contribution in [2.45, 2.75) is 49.0 Å². The largest absolute Gasteiger partial charge is 0.330 e. The fourth-order valence-electron chi connectivity index (χ4n) is 2.99. The van der Waals surface area contributed by atoms with Crippen LogP contribution in [0.2, 0.25) is 0 Å². The molecule has 2 bridgehead atoms. The maximum atomic E-state index is 11.9. The van der Waals surface area contributed by atoms with Gasteiger partial charge in [-0.25, -0.2) is 8.42 Å². The number of fused-ring (bicyclic) bond motifs is 2. The Morgan fingerprint density at radius 2 is 1.71 bits per heavy atom. The molecule has 0 aromatic carbocycles. The van der Waals surface area contributed by atoms with Gasteiger partial charge in [0, 0.05) is 0 Å². The van der Waals surface area contributed by atoms with E-state index in [1.54, 1.807) is 0 Å². The molecule has 3 nitrogen and oxygen atoms in total. The maximum absolute atomic E-state index is 11.9. The standard InChI is InChI=1S/C10H19NO2S/c11-5-4-8-6-9-2-1-3-10(7-8)14(9,12)13/h8-10H,1-7,11H2. The minimum Gasteiger partial charge on any atom is -0.330 e. The molecule has 0 saturated carbocycles. The highest BCUT2D eigenvalue weighted by atomic mass is 32.2. The Bertz CT molecular complexity index is 279. The molecule has 2 unspecified atom stereocenters. The Morgan fingerprint density at radius 1 is 1.14 bits per heavy atom. The highest BCUT2D eigenvalue weighted by Crippen LogP contribution is 2.40. The summed E-state index contributed by atoms with van der Waals surface area (Å²) in [7, 11) is -2.76. The SMILES string of the molecule is NCCC1CC2CCCC(C1)S2(=O)=O. The summed E-state index contributed by atoms with van der Waals surface area (Å²) < 4.78 is 23.8. The highest BCUT2D eigenvalue weighted by molar-refractivity contribution is 7.92. The van der Waals surface area contributed by atoms with Crippen LogP contribution in [-0.2, 0) is 9.84 Å². The normalized spacial score (nSPS) is 40.8. The molecule has 2 aliphatic heterocycles. The van der Waals surface area contributed by atoms with Crippen LogP contribution in [0.15, 0.2) is 0 Å². The van der Waals surface area contributed by atoms with Crippen LogP contribution in [0.25, 0.3) is 0 Å². The zero-order valence-electron chi connectivity index (χ0n) is 8.48. The van der Waals surface area contributed by atoms with E-state index in [4.69, 9.17) is 5.73 Å². The van der Waals surface area contributed by atoms with Gasteiger partial charge < -0.3 is 5.73 Å². The lowest BCUT2D eigenvalue weighted by Crippen LogP contribution is -2.43. The Hall–Kier alpha value is -0.0900. The molecule has 2 saturated heterocycles. The third kappa shape index (κ3) is 1.70. The van der Waals surface area contributed by atoms with E-state index in [0.29, 0.717) is 12.5 Å². The Kier molecular flexibility index (Phi) is 2.84. The fourth-order valence-corrected chi connectivity index (χ4v) is 5.60. The second kappa shape index (κ2) is 3.81. The van der Waals surface area contributed by atoms with Gasteiger partial charge in [-0.05, 0) is 44.6 Å². The van der Waals surface area contributed by atoms with Crippen LogP contribution in [-0.4, -0.2) is 25.5 Å². The molecule has 0 aromatic rings. The summed E-state index contributed by atoms with van der Waals surface area (Å²) in [6.45, 7) is 0.699. The van der Waals surface area contributed by atoms with Crippen molar-refractivity contribution in [3.63, 3.8) is 0 Å². The monoisotopic (exact) mass is 217 g/mol. The number of hydrogen-bond donors (Lipinski definition) is 1. The zero-order chi connectivity index (χ0) is 10.2. The first-order chi connectivity index (χ1) is 6.64. The highest BCUT2D eigenvalue weighted by Gasteiger charge is 2.43. The van der Waals surface area contributed by atoms with E-state index in [0.717, 1.165) is 38.5 Å². The second-order valence-corrected chi connectivity index (χ2v) is 7.19. The van der Waals surface area contributed by atoms with E-state index in [2.05, 4.69) is 0 Å². The molecule has 0 amide bonds. The first-order valence-corrected chi connectivity index (χ1v) is 7.18. The molecule has 2 aliphatic rings. The van der Waals surface area contributed by atoms with Crippen LogP contribution in [0.4, 0.5) is 0 Å². The molecular formula is C10H19NO2S. The van der Waals surface area contributed by atoms with Gasteiger partial charge in [0.15, 0.2) is 9.84 Å². The Balaban J connectivity index is 2.13. The third-order valence-corrected chi connectivity index (χ3v) is 6.46. The molecule has 0 aromatic heterocycles. The quantitative estimate of drug-likeness (QED) is 0.753. The van der Waals surface area contributed by atoms with E-state index in [9.17, 15) is 8.42 Å². The van der Waals surface area contributed by atoms with Gasteiger partial charge in [-0.1, -0.05) is 6.42 Å². The van der Waals surface area contributed by atoms with Crippen LogP contribution < -0.4 is 5.73 Å². The first-order valence-electron chi connectivity index (χ1n) is 5.57. The molecule has 0 spiro atoms. The van der Waals surface area contributed by atoms with Crippen LogP contribution in [0.1, 0.15) is 38.5 Å². The molecule has 0 aliphatic carbocycles. The lowest BCUT2D eigenvalue weighted by atomic mass is 9.87. The minimum absolute atomic E-state index is 0.0356. The third-order valence-electron chi connectivity index (χ3n) is 3.75. The Morgan fingerprint density at radius 3 is 2.21 bits per heavy atom. The topological polar surface area (TPSA) is 60.2 Å². The predicted octanol–water partition coefficient (Wildman–Crippen LogP) is 1.08. The van der Waals surface area contributed by atoms with Gasteiger partial charge in [-0.15, -0.1) is 0 Å². The molecule has 14 heavy (non-hydrogen) atoms. The van der Waals surface area contributed by atoms with Crippen LogP contribution in [0, 0.1) is 5.92 Å². The minimum atomic E-state index is -2.76. The van der Waals surface area contributed by atoms with Gasteiger partial charge in [0.05, 0.1) is 10.5 Å². The zero-order valence-corrected chi connectivity index (χ0v) is 9.30. The van der Waals surface area contributed by atoms with E-state index in [1.165, 1.54) is 0 Å². The predicted molar refractivity (Wildman–Crippen MR) is 56.7 cm³/mol. The number of rotatable bonds is 2. The fraction of sp³-hybridized carbons (Fsp3) is 1.00. The lowest BCUT2D eigenvalue weighted by Gasteiger charge is -2.38. The molecular weight excluding hydrogens is 198 g/mol. The summed E-state index contributed by atoms with van der Waals surface area (Å²) in [6.07, 6.45) is 5.62. The lowest BCUT2D eigenvalue weighted by molar-refractivity contribution is 0.330. The summed E-state index contributed by atoms with van der Waals surface area (Å²) in [6, 6.07) is 0. The average Bonchev–Trinajstić information content (AvgIpc) is 2.06. The van der Waals surface area contributed by atoms with Gasteiger partial charge in [-0.2, -0.15) is 0 Å². The molecule has 82 valence electrons. The van der Waals surface area contributed by atoms with Crippen LogP contribution in [0.5, 0.6) is 0 Å². The maximum Gasteiger partial charge on any atom is 0.156 e. The van der Waals surface area contributed by atoms with Gasteiger partial charge in [0.2, 0.25) is 0 Å². The van der Waals surface area contributed by atoms with Crippen molar-refractivity contribution in [3.05, 3.63) is 0 Å². The summed E-state index contributed by atoms with van der Waals surface area (Å²) in [5.41, 5.74) is 5.53. The smallest absolute Gasteiger partial charge is 0.156 e. The van der Waals surface area contributed by atoms with E-state index in [-0.39, 0.29) is 10.5 Å². The molecule has 2 fully saturated rings. The summed E-state index contributed by atoms with van der Waals surface area (Å²) in [5.74, 6) is 0.568. The second-order valence-electron chi connectivity index (χ2n) is 4.68. The summed E-state index contributed by atoms with van der Waals surface area (Å²) in [5, 5.41) is -0.0712. The number of sulfone groups is 1. The van der Waals surface area contributed by atoms with Crippen molar-refractivity contribution in [2.24, 2.45) is 11.7 Å². The van der Waals surface area contributed by atoms with Crippen molar-refractivity contribution in [1.29, 1.82) is 0 Å². The van der Waals surface area contributed by atoms with Gasteiger partial charge >= 0.3 is 0 Å². The van der Waals surface area contributed by atoms with E-state index < -0.39 is 9.84 Å². The summed E-state index contributed by atoms with van der Waals surface area (Å²) in [4.78, 5) is 0. The number of nitrogens with two attached hydrogens (primary N) is 1. The van der Waals surface area contributed by atoms with E-state index in [1.807, 2.05) is 0 Å². The Labute approximate surface area is 86.0 Å². The van der Waals surface area contributed by atoms with Crippen molar-refractivity contribution in [3.8, 4) is 0 Å². The van der Waals surface area contributed by atoms with Crippen molar-refractivity contribution in [1.82, 2.24) is 0 Å². The average molecular weight is 217 g/mol. The van der Waals surface area contributed by atoms with Gasteiger partial charge in [0.1, 0.15) is 0 Å². The van der Waals surface area contributed by atoms with Crippen LogP contribution in [0.3, 0.4) is 0 Å². The van der Waals surface area contributed by atoms with E-state index >= 15 is 0 Å². The van der Waals surface area contributed by atoms with Crippen molar-refractivity contribution in [2.75, 3.05) is 6.54 Å². The van der Waals surface area contributed by atoms with Gasteiger partial charge in [0.25, 0.3) is 0 Å². The molecule has 2 atom stereocenters. The van der Waals surface area contributed by atoms with Crippen LogP contribution >= 0.6 is 0 Å². The number of hydrogen-bond acceptors (Lipinski definition) is 3. The molecule has 2 N–H and O–H groups in total. The summed E-state index contributed by atoms with van der Waals surface area (Å²) >= 11 is 0. The van der Waals surface area contributed by atoms with Crippen molar-refractivity contribution >= 4 is 9.84 Å². The van der Waals surface area contributed by atoms with Gasteiger partial charge in [-0.3, -0.25) is 0 Å². The molecule has 2 rings (SSSR count). The molecule has 0 radical (unpaired) electrons.